The van der Waals surface area contributed by atoms with Gasteiger partial charge in [0.25, 0.3) is 5.91 Å². The summed E-state index contributed by atoms with van der Waals surface area (Å²) in [7, 11) is 0. The lowest BCUT2D eigenvalue weighted by Gasteiger charge is -2.28. The summed E-state index contributed by atoms with van der Waals surface area (Å²) in [6.07, 6.45) is 13.8. The molecule has 0 fully saturated rings. The van der Waals surface area contributed by atoms with Gasteiger partial charge in [-0.3, -0.25) is 4.79 Å². The van der Waals surface area contributed by atoms with E-state index in [-0.39, 0.29) is 5.91 Å². The van der Waals surface area contributed by atoms with E-state index in [9.17, 15) is 4.79 Å². The van der Waals surface area contributed by atoms with Gasteiger partial charge in [0.15, 0.2) is 0 Å². The Labute approximate surface area is 120 Å². The molecule has 0 aromatic heterocycles. The van der Waals surface area contributed by atoms with Gasteiger partial charge in [-0.2, -0.15) is 0 Å². The highest BCUT2D eigenvalue weighted by Gasteiger charge is 2.20. The summed E-state index contributed by atoms with van der Waals surface area (Å²) in [6, 6.07) is 8.26. The van der Waals surface area contributed by atoms with E-state index in [1.807, 2.05) is 11.0 Å². The molecule has 1 heterocycles. The number of hydrogen-bond acceptors (Lipinski definition) is 1. The van der Waals surface area contributed by atoms with Crippen molar-refractivity contribution in [2.24, 2.45) is 5.92 Å². The lowest BCUT2D eigenvalue weighted by Crippen LogP contribution is -2.34. The largest absolute Gasteiger partial charge is 0.309 e. The van der Waals surface area contributed by atoms with E-state index >= 15 is 0 Å². The van der Waals surface area contributed by atoms with E-state index in [0.717, 1.165) is 44.3 Å². The van der Waals surface area contributed by atoms with Crippen LogP contribution in [0.25, 0.3) is 0 Å². The molecule has 0 spiro atoms. The average Bonchev–Trinajstić information content (AvgIpc) is 2.53. The molecule has 104 valence electrons. The molecule has 0 bridgehead atoms. The number of nitrogens with zero attached hydrogens (tertiary/aromatic N) is 1. The van der Waals surface area contributed by atoms with Crippen molar-refractivity contribution in [1.82, 2.24) is 0 Å². The van der Waals surface area contributed by atoms with Gasteiger partial charge in [-0.25, -0.2) is 0 Å². The number of allylic oxidation sites excluding steroid dienone is 3. The Morgan fingerprint density at radius 3 is 3.00 bits per heavy atom. The summed E-state index contributed by atoms with van der Waals surface area (Å²) in [6.45, 7) is 0.838. The van der Waals surface area contributed by atoms with E-state index in [2.05, 4.69) is 36.4 Å². The summed E-state index contributed by atoms with van der Waals surface area (Å²) in [5, 5.41) is 0. The number of carbonyl (C=O) groups is 1. The fourth-order valence-electron chi connectivity index (χ4n) is 3.06. The van der Waals surface area contributed by atoms with E-state index < -0.39 is 0 Å². The minimum Gasteiger partial charge on any atom is -0.309 e. The third kappa shape index (κ3) is 2.84. The second-order valence-corrected chi connectivity index (χ2v) is 5.63. The fourth-order valence-corrected chi connectivity index (χ4v) is 3.06. The van der Waals surface area contributed by atoms with Crippen LogP contribution in [0.2, 0.25) is 0 Å². The van der Waals surface area contributed by atoms with Crippen LogP contribution in [0.3, 0.4) is 0 Å². The van der Waals surface area contributed by atoms with Gasteiger partial charge in [0.1, 0.15) is 0 Å². The molecule has 1 amide bonds. The smallest absolute Gasteiger partial charge is 0.250 e. The number of hydrogen-bond donors (Lipinski definition) is 0. The van der Waals surface area contributed by atoms with Gasteiger partial charge in [-0.15, -0.1) is 0 Å². The Morgan fingerprint density at radius 2 is 2.15 bits per heavy atom. The number of aryl methyl sites for hydroxylation is 1. The average molecular weight is 267 g/mol. The molecule has 20 heavy (non-hydrogen) atoms. The zero-order valence-corrected chi connectivity index (χ0v) is 11.8. The second kappa shape index (κ2) is 6.08. The molecule has 1 aliphatic heterocycles. The first kappa shape index (κ1) is 13.2. The maximum atomic E-state index is 12.4. The highest BCUT2D eigenvalue weighted by molar-refractivity contribution is 6.02. The van der Waals surface area contributed by atoms with Crippen molar-refractivity contribution in [2.75, 3.05) is 11.4 Å². The number of benzene rings is 1. The van der Waals surface area contributed by atoms with E-state index in [4.69, 9.17) is 0 Å². The molecular weight excluding hydrogens is 246 g/mol. The Bertz CT molecular complexity index is 544. The van der Waals surface area contributed by atoms with Crippen LogP contribution in [0.5, 0.6) is 0 Å². The molecule has 0 radical (unpaired) electrons. The molecule has 1 unspecified atom stereocenters. The number of fused-ring (bicyclic) bond motifs is 1. The van der Waals surface area contributed by atoms with Crippen molar-refractivity contribution in [1.29, 1.82) is 0 Å². The van der Waals surface area contributed by atoms with Crippen LogP contribution in [0.15, 0.2) is 48.6 Å². The van der Waals surface area contributed by atoms with Gasteiger partial charge in [0.2, 0.25) is 0 Å². The van der Waals surface area contributed by atoms with Gasteiger partial charge in [0.05, 0.1) is 0 Å². The van der Waals surface area contributed by atoms with Crippen molar-refractivity contribution >= 4 is 11.6 Å². The lowest BCUT2D eigenvalue weighted by molar-refractivity contribution is -0.114. The maximum absolute atomic E-state index is 12.4. The van der Waals surface area contributed by atoms with Gasteiger partial charge in [-0.05, 0) is 55.7 Å². The topological polar surface area (TPSA) is 20.3 Å². The molecular formula is C18H21NO. The third-order valence-corrected chi connectivity index (χ3v) is 4.20. The van der Waals surface area contributed by atoms with Crippen LogP contribution in [-0.2, 0) is 11.2 Å². The number of carbonyl (C=O) groups excluding carboxylic acids is 1. The molecule has 1 aliphatic carbocycles. The standard InChI is InChI=1S/C18H21NO/c20-18(13-12-15-7-2-1-3-8-15)19-14-6-10-16-9-4-5-11-17(16)19/h1-2,4-5,9,11-13,15H,3,6-8,10,14H2. The van der Waals surface area contributed by atoms with Gasteiger partial charge < -0.3 is 4.90 Å². The van der Waals surface area contributed by atoms with Crippen LogP contribution >= 0.6 is 0 Å². The Hall–Kier alpha value is -1.83. The quantitative estimate of drug-likeness (QED) is 0.588. The third-order valence-electron chi connectivity index (χ3n) is 4.20. The second-order valence-electron chi connectivity index (χ2n) is 5.63. The van der Waals surface area contributed by atoms with Crippen LogP contribution in [-0.4, -0.2) is 12.5 Å². The van der Waals surface area contributed by atoms with Crippen molar-refractivity contribution in [3.05, 3.63) is 54.1 Å². The zero-order chi connectivity index (χ0) is 13.8. The van der Waals surface area contributed by atoms with Crippen LogP contribution < -0.4 is 4.90 Å². The Kier molecular flexibility index (Phi) is 4.00. The number of anilines is 1. The first-order chi connectivity index (χ1) is 9.84. The molecule has 2 nitrogen and oxygen atoms in total. The summed E-state index contributed by atoms with van der Waals surface area (Å²) in [4.78, 5) is 14.3. The van der Waals surface area contributed by atoms with Crippen molar-refractivity contribution in [3.63, 3.8) is 0 Å². The molecule has 2 heteroatoms. The SMILES string of the molecule is O=C(C=CC1CC=CCC1)N1CCCc2ccccc21. The molecule has 1 aromatic rings. The van der Waals surface area contributed by atoms with Crippen LogP contribution in [0.1, 0.15) is 31.2 Å². The molecule has 1 atom stereocenters. The number of rotatable bonds is 2. The van der Waals surface area contributed by atoms with Crippen LogP contribution in [0, 0.1) is 5.92 Å². The highest BCUT2D eigenvalue weighted by Crippen LogP contribution is 2.27. The first-order valence-electron chi connectivity index (χ1n) is 7.57. The summed E-state index contributed by atoms with van der Waals surface area (Å²) >= 11 is 0. The normalized spacial score (nSPS) is 22.0. The zero-order valence-electron chi connectivity index (χ0n) is 11.8. The Balaban J connectivity index is 1.72. The molecule has 0 saturated carbocycles. The van der Waals surface area contributed by atoms with Crippen LogP contribution in [0.4, 0.5) is 5.69 Å². The van der Waals surface area contributed by atoms with E-state index in [1.54, 1.807) is 6.08 Å². The first-order valence-corrected chi connectivity index (χ1v) is 7.57. The lowest BCUT2D eigenvalue weighted by atomic mass is 9.94. The van der Waals surface area contributed by atoms with Gasteiger partial charge >= 0.3 is 0 Å². The van der Waals surface area contributed by atoms with Gasteiger partial charge in [-0.1, -0.05) is 36.4 Å². The molecule has 2 aliphatic rings. The molecule has 0 saturated heterocycles. The Morgan fingerprint density at radius 1 is 1.25 bits per heavy atom. The summed E-state index contributed by atoms with van der Waals surface area (Å²) < 4.78 is 0. The minimum atomic E-state index is 0.131. The maximum Gasteiger partial charge on any atom is 0.250 e. The van der Waals surface area contributed by atoms with Gasteiger partial charge in [0, 0.05) is 12.2 Å². The fraction of sp³-hybridized carbons (Fsp3) is 0.389. The monoisotopic (exact) mass is 267 g/mol. The van der Waals surface area contributed by atoms with Crippen molar-refractivity contribution in [2.45, 2.75) is 32.1 Å². The van der Waals surface area contributed by atoms with E-state index in [1.165, 1.54) is 5.56 Å². The van der Waals surface area contributed by atoms with Crippen molar-refractivity contribution < 1.29 is 4.79 Å². The summed E-state index contributed by atoms with van der Waals surface area (Å²) in [5.74, 6) is 0.663. The number of para-hydroxylation sites is 1. The van der Waals surface area contributed by atoms with Crippen molar-refractivity contribution in [3.8, 4) is 0 Å². The predicted octanol–water partition coefficient (Wildman–Crippen LogP) is 3.88. The highest BCUT2D eigenvalue weighted by atomic mass is 16.2. The molecule has 0 N–H and O–H groups in total. The van der Waals surface area contributed by atoms with E-state index in [0.29, 0.717) is 5.92 Å². The molecule has 1 aromatic carbocycles. The number of amides is 1. The summed E-state index contributed by atoms with van der Waals surface area (Å²) in [5.41, 5.74) is 2.39. The minimum absolute atomic E-state index is 0.131. The predicted molar refractivity (Wildman–Crippen MR) is 82.7 cm³/mol. The molecule has 3 rings (SSSR count).